The maximum absolute atomic E-state index is 11.7. The van der Waals surface area contributed by atoms with Crippen molar-refractivity contribution in [2.75, 3.05) is 0 Å². The van der Waals surface area contributed by atoms with Crippen molar-refractivity contribution in [1.82, 2.24) is 14.7 Å². The van der Waals surface area contributed by atoms with E-state index < -0.39 is 5.56 Å². The smallest absolute Gasteiger partial charge is 0.285 e. The fourth-order valence-corrected chi connectivity index (χ4v) is 1.91. The summed E-state index contributed by atoms with van der Waals surface area (Å²) < 4.78 is 0.556. The molecule has 0 saturated carbocycles. The topological polar surface area (TPSA) is 68.0 Å². The summed E-state index contributed by atoms with van der Waals surface area (Å²) in [5.41, 5.74) is 1.33. The van der Waals surface area contributed by atoms with Gasteiger partial charge in [0.15, 0.2) is 5.65 Å². The van der Waals surface area contributed by atoms with Gasteiger partial charge in [0.05, 0.1) is 0 Å². The Bertz CT molecular complexity index is 766. The van der Waals surface area contributed by atoms with Gasteiger partial charge in [-0.25, -0.2) is 4.98 Å². The van der Waals surface area contributed by atoms with E-state index in [2.05, 4.69) is 9.97 Å². The second-order valence-electron chi connectivity index (χ2n) is 3.82. The Hall–Kier alpha value is -2.69. The van der Waals surface area contributed by atoms with Gasteiger partial charge in [-0.15, -0.1) is 4.73 Å². The minimum absolute atomic E-state index is 0.247. The van der Waals surface area contributed by atoms with Crippen molar-refractivity contribution in [3.05, 3.63) is 59.3 Å². The van der Waals surface area contributed by atoms with Crippen LogP contribution in [0.25, 0.3) is 22.2 Å². The highest BCUT2D eigenvalue weighted by molar-refractivity contribution is 5.92. The summed E-state index contributed by atoms with van der Waals surface area (Å²) in [4.78, 5) is 19.7. The fraction of sp³-hybridized carbons (Fsp3) is 0. The maximum atomic E-state index is 11.7. The standard InChI is InChI=1S/C13H9N3O2/c17-12-8-11(9-3-6-14-7-4-9)10-2-1-5-15-13(10)16(12)18/h1-8,18H. The molecule has 0 radical (unpaired) electrons. The SMILES string of the molecule is O=c1cc(-c2ccncc2)c2cccnc2n1O. The van der Waals surface area contributed by atoms with Gasteiger partial charge in [-0.2, -0.15) is 0 Å². The molecule has 0 amide bonds. The van der Waals surface area contributed by atoms with Gasteiger partial charge in [0, 0.05) is 30.0 Å². The van der Waals surface area contributed by atoms with Gasteiger partial charge in [-0.05, 0) is 35.4 Å². The summed E-state index contributed by atoms with van der Waals surface area (Å²) >= 11 is 0. The second-order valence-corrected chi connectivity index (χ2v) is 3.82. The van der Waals surface area contributed by atoms with Gasteiger partial charge in [0.2, 0.25) is 0 Å². The third-order valence-corrected chi connectivity index (χ3v) is 2.75. The van der Waals surface area contributed by atoms with Crippen molar-refractivity contribution in [3.63, 3.8) is 0 Å². The Morgan fingerprint density at radius 1 is 1.11 bits per heavy atom. The number of aromatic nitrogens is 3. The first-order chi connectivity index (χ1) is 8.77. The second kappa shape index (κ2) is 3.96. The normalized spacial score (nSPS) is 10.7. The van der Waals surface area contributed by atoms with Crippen LogP contribution in [-0.4, -0.2) is 19.9 Å². The molecule has 18 heavy (non-hydrogen) atoms. The number of rotatable bonds is 1. The van der Waals surface area contributed by atoms with Gasteiger partial charge in [0.1, 0.15) is 0 Å². The van der Waals surface area contributed by atoms with Gasteiger partial charge in [0.25, 0.3) is 5.56 Å². The van der Waals surface area contributed by atoms with Crippen molar-refractivity contribution in [2.45, 2.75) is 0 Å². The van der Waals surface area contributed by atoms with E-state index in [-0.39, 0.29) is 5.65 Å². The van der Waals surface area contributed by atoms with Crippen molar-refractivity contribution in [3.8, 4) is 11.1 Å². The Balaban J connectivity index is 2.44. The van der Waals surface area contributed by atoms with E-state index in [1.807, 2.05) is 18.2 Å². The van der Waals surface area contributed by atoms with Crippen molar-refractivity contribution >= 4 is 11.0 Å². The van der Waals surface area contributed by atoms with Crippen LogP contribution in [0.15, 0.2) is 53.7 Å². The fourth-order valence-electron chi connectivity index (χ4n) is 1.91. The first-order valence-electron chi connectivity index (χ1n) is 5.38. The molecular weight excluding hydrogens is 230 g/mol. The van der Waals surface area contributed by atoms with Crippen LogP contribution >= 0.6 is 0 Å². The maximum Gasteiger partial charge on any atom is 0.285 e. The highest BCUT2D eigenvalue weighted by atomic mass is 16.5. The summed E-state index contributed by atoms with van der Waals surface area (Å²) in [5, 5.41) is 10.4. The predicted molar refractivity (Wildman–Crippen MR) is 66.4 cm³/mol. The first-order valence-corrected chi connectivity index (χ1v) is 5.38. The molecule has 0 atom stereocenters. The van der Waals surface area contributed by atoms with E-state index in [9.17, 15) is 10.0 Å². The summed E-state index contributed by atoms with van der Waals surface area (Å²) in [5.74, 6) is 0. The highest BCUT2D eigenvalue weighted by Crippen LogP contribution is 2.24. The van der Waals surface area contributed by atoms with E-state index in [1.54, 1.807) is 18.5 Å². The molecule has 1 N–H and O–H groups in total. The third-order valence-electron chi connectivity index (χ3n) is 2.75. The van der Waals surface area contributed by atoms with E-state index in [4.69, 9.17) is 0 Å². The molecular formula is C13H9N3O2. The molecule has 5 nitrogen and oxygen atoms in total. The molecule has 0 bridgehead atoms. The summed E-state index contributed by atoms with van der Waals surface area (Å²) in [6.45, 7) is 0. The molecule has 5 heteroatoms. The molecule has 0 saturated heterocycles. The minimum Gasteiger partial charge on any atom is -0.423 e. The van der Waals surface area contributed by atoms with Crippen LogP contribution in [0.4, 0.5) is 0 Å². The molecule has 0 aliphatic carbocycles. The largest absolute Gasteiger partial charge is 0.423 e. The molecule has 3 aromatic rings. The first kappa shape index (κ1) is 10.5. The Labute approximate surface area is 102 Å². The molecule has 0 unspecified atom stereocenters. The summed E-state index contributed by atoms with van der Waals surface area (Å²) in [6, 6.07) is 8.58. The van der Waals surface area contributed by atoms with Crippen LogP contribution in [-0.2, 0) is 0 Å². The van der Waals surface area contributed by atoms with Crippen LogP contribution in [0.5, 0.6) is 0 Å². The van der Waals surface area contributed by atoms with Crippen LogP contribution in [0, 0.1) is 0 Å². The summed E-state index contributed by atoms with van der Waals surface area (Å²) in [6.07, 6.45) is 4.84. The predicted octanol–water partition coefficient (Wildman–Crippen LogP) is 1.70. The molecule has 0 aliphatic rings. The average Bonchev–Trinajstić information content (AvgIpc) is 2.44. The van der Waals surface area contributed by atoms with E-state index >= 15 is 0 Å². The van der Waals surface area contributed by atoms with Crippen LogP contribution in [0.1, 0.15) is 0 Å². The molecule has 3 heterocycles. The molecule has 3 aromatic heterocycles. The Morgan fingerprint density at radius 2 is 1.89 bits per heavy atom. The number of hydrogen-bond donors (Lipinski definition) is 1. The Kier molecular flexibility index (Phi) is 2.30. The van der Waals surface area contributed by atoms with Crippen molar-refractivity contribution < 1.29 is 5.21 Å². The van der Waals surface area contributed by atoms with Gasteiger partial charge >= 0.3 is 0 Å². The molecule has 88 valence electrons. The number of hydrogen-bond acceptors (Lipinski definition) is 4. The van der Waals surface area contributed by atoms with Gasteiger partial charge in [-0.1, -0.05) is 0 Å². The lowest BCUT2D eigenvalue weighted by Crippen LogP contribution is -2.18. The van der Waals surface area contributed by atoms with E-state index in [1.165, 1.54) is 12.3 Å². The van der Waals surface area contributed by atoms with Crippen molar-refractivity contribution in [1.29, 1.82) is 0 Å². The molecule has 0 fully saturated rings. The van der Waals surface area contributed by atoms with Gasteiger partial charge < -0.3 is 5.21 Å². The molecule has 0 aliphatic heterocycles. The van der Waals surface area contributed by atoms with Crippen LogP contribution in [0.2, 0.25) is 0 Å². The Morgan fingerprint density at radius 3 is 2.67 bits per heavy atom. The van der Waals surface area contributed by atoms with Crippen LogP contribution < -0.4 is 5.56 Å². The lowest BCUT2D eigenvalue weighted by molar-refractivity contribution is 0.187. The number of fused-ring (bicyclic) bond motifs is 1. The van der Waals surface area contributed by atoms with Gasteiger partial charge in [-0.3, -0.25) is 9.78 Å². The summed E-state index contributed by atoms with van der Waals surface area (Å²) in [7, 11) is 0. The molecule has 3 rings (SSSR count). The number of nitrogens with zero attached hydrogens (tertiary/aromatic N) is 3. The minimum atomic E-state index is -0.506. The zero-order chi connectivity index (χ0) is 12.5. The van der Waals surface area contributed by atoms with Crippen molar-refractivity contribution in [2.24, 2.45) is 0 Å². The molecule has 0 spiro atoms. The molecule has 0 aromatic carbocycles. The zero-order valence-electron chi connectivity index (χ0n) is 9.32. The van der Waals surface area contributed by atoms with E-state index in [0.717, 1.165) is 11.1 Å². The third kappa shape index (κ3) is 1.53. The van der Waals surface area contributed by atoms with E-state index in [0.29, 0.717) is 10.1 Å². The number of pyridine rings is 3. The van der Waals surface area contributed by atoms with Crippen LogP contribution in [0.3, 0.4) is 0 Å². The monoisotopic (exact) mass is 239 g/mol. The lowest BCUT2D eigenvalue weighted by Gasteiger charge is -2.07. The zero-order valence-corrected chi connectivity index (χ0v) is 9.32. The lowest BCUT2D eigenvalue weighted by atomic mass is 10.0. The average molecular weight is 239 g/mol. The highest BCUT2D eigenvalue weighted by Gasteiger charge is 2.09. The quantitative estimate of drug-likeness (QED) is 0.656.